The predicted molar refractivity (Wildman–Crippen MR) is 98.6 cm³/mol. The summed E-state index contributed by atoms with van der Waals surface area (Å²) in [5.74, 6) is 2.20. The third-order valence-electron chi connectivity index (χ3n) is 3.97. The van der Waals surface area contributed by atoms with Crippen LogP contribution in [0.3, 0.4) is 0 Å². The summed E-state index contributed by atoms with van der Waals surface area (Å²) < 4.78 is 7.32. The van der Waals surface area contributed by atoms with E-state index in [4.69, 9.17) is 4.42 Å². The Bertz CT molecular complexity index is 715. The molecule has 0 bridgehead atoms. The molecule has 0 saturated carbocycles. The van der Waals surface area contributed by atoms with Gasteiger partial charge >= 0.3 is 0 Å². The topological polar surface area (TPSA) is 87.6 Å². The highest BCUT2D eigenvalue weighted by Crippen LogP contribution is 2.27. The molecule has 0 aliphatic heterocycles. The number of rotatable bonds is 7. The lowest BCUT2D eigenvalue weighted by molar-refractivity contribution is 0.0657. The second kappa shape index (κ2) is 8.20. The highest BCUT2D eigenvalue weighted by atomic mass is 16.3. The minimum atomic E-state index is -1.08. The molecule has 2 aromatic heterocycles. The first kappa shape index (κ1) is 19.1. The Morgan fingerprint density at radius 3 is 2.72 bits per heavy atom. The van der Waals surface area contributed by atoms with Gasteiger partial charge in [-0.25, -0.2) is 4.99 Å². The normalized spacial score (nSPS) is 14.4. The summed E-state index contributed by atoms with van der Waals surface area (Å²) in [5.41, 5.74) is 0.871. The average Bonchev–Trinajstić information content (AvgIpc) is 3.10. The van der Waals surface area contributed by atoms with Gasteiger partial charge in [-0.2, -0.15) is 5.10 Å². The molecule has 2 aromatic rings. The van der Waals surface area contributed by atoms with Crippen LogP contribution >= 0.6 is 0 Å². The largest absolute Gasteiger partial charge is 0.466 e. The van der Waals surface area contributed by atoms with Crippen molar-refractivity contribution in [2.24, 2.45) is 12.0 Å². The Morgan fingerprint density at radius 2 is 2.16 bits per heavy atom. The molecular weight excluding hydrogens is 318 g/mol. The fourth-order valence-corrected chi connectivity index (χ4v) is 2.75. The molecule has 0 saturated heterocycles. The summed E-state index contributed by atoms with van der Waals surface area (Å²) in [6, 6.07) is 1.87. The van der Waals surface area contributed by atoms with Crippen LogP contribution in [0.5, 0.6) is 0 Å². The van der Waals surface area contributed by atoms with Gasteiger partial charge in [-0.05, 0) is 45.7 Å². The van der Waals surface area contributed by atoms with Crippen LogP contribution in [0.15, 0.2) is 27.9 Å². The molecule has 7 heteroatoms. The number of nitrogens with one attached hydrogen (secondary N) is 2. The molecule has 0 spiro atoms. The number of hydrogen-bond acceptors (Lipinski definition) is 4. The second-order valence-electron chi connectivity index (χ2n) is 6.49. The monoisotopic (exact) mass is 347 g/mol. The number of hydrogen-bond donors (Lipinski definition) is 3. The number of aliphatic hydroxyl groups is 1. The molecule has 0 fully saturated rings. The van der Waals surface area contributed by atoms with Crippen molar-refractivity contribution in [2.75, 3.05) is 19.6 Å². The molecule has 2 heterocycles. The van der Waals surface area contributed by atoms with E-state index >= 15 is 0 Å². The van der Waals surface area contributed by atoms with Crippen LogP contribution in [0.25, 0.3) is 0 Å². The highest BCUT2D eigenvalue weighted by molar-refractivity contribution is 5.79. The van der Waals surface area contributed by atoms with Gasteiger partial charge in [0.15, 0.2) is 5.96 Å². The Kier molecular flexibility index (Phi) is 6.25. The zero-order valence-electron chi connectivity index (χ0n) is 15.8. The van der Waals surface area contributed by atoms with Gasteiger partial charge in [-0.15, -0.1) is 0 Å². The first-order valence-electron chi connectivity index (χ1n) is 8.61. The van der Waals surface area contributed by atoms with Crippen molar-refractivity contribution in [3.8, 4) is 0 Å². The van der Waals surface area contributed by atoms with Gasteiger partial charge < -0.3 is 20.2 Å². The van der Waals surface area contributed by atoms with E-state index in [1.165, 1.54) is 5.56 Å². The first-order chi connectivity index (χ1) is 11.8. The summed E-state index contributed by atoms with van der Waals surface area (Å²) >= 11 is 0. The molecule has 0 amide bonds. The molecule has 25 heavy (non-hydrogen) atoms. The van der Waals surface area contributed by atoms with Gasteiger partial charge in [0, 0.05) is 31.9 Å². The van der Waals surface area contributed by atoms with E-state index in [0.29, 0.717) is 5.96 Å². The summed E-state index contributed by atoms with van der Waals surface area (Å²) in [6.07, 6.45) is 4.72. The molecular formula is C18H29N5O2. The van der Waals surface area contributed by atoms with Crippen molar-refractivity contribution in [3.63, 3.8) is 0 Å². The van der Waals surface area contributed by atoms with Crippen molar-refractivity contribution >= 4 is 5.96 Å². The quantitative estimate of drug-likeness (QED) is 0.523. The molecule has 0 aromatic carbocycles. The van der Waals surface area contributed by atoms with Gasteiger partial charge in [0.1, 0.15) is 17.1 Å². The zero-order chi connectivity index (χ0) is 18.4. The molecule has 138 valence electrons. The zero-order valence-corrected chi connectivity index (χ0v) is 15.8. The van der Waals surface area contributed by atoms with Crippen LogP contribution in [-0.4, -0.2) is 40.5 Å². The number of aryl methyl sites for hydroxylation is 3. The SMILES string of the molecule is CCNC(=NCC(C)(O)c1cc(C)oc1C)NCCc1cnn(C)c1. The van der Waals surface area contributed by atoms with Crippen molar-refractivity contribution in [1.29, 1.82) is 0 Å². The lowest BCUT2D eigenvalue weighted by Crippen LogP contribution is -2.39. The average molecular weight is 347 g/mol. The maximum atomic E-state index is 10.8. The number of guanidine groups is 1. The van der Waals surface area contributed by atoms with Gasteiger partial charge in [0.25, 0.3) is 0 Å². The smallest absolute Gasteiger partial charge is 0.191 e. The Labute approximate surface area is 149 Å². The van der Waals surface area contributed by atoms with E-state index < -0.39 is 5.60 Å². The van der Waals surface area contributed by atoms with Crippen molar-refractivity contribution in [2.45, 2.75) is 39.7 Å². The van der Waals surface area contributed by atoms with Crippen LogP contribution in [0.1, 0.15) is 36.5 Å². The van der Waals surface area contributed by atoms with Crippen LogP contribution in [0.4, 0.5) is 0 Å². The summed E-state index contributed by atoms with van der Waals surface area (Å²) in [5, 5.41) is 21.4. The lowest BCUT2D eigenvalue weighted by atomic mass is 9.96. The number of aromatic nitrogens is 2. The van der Waals surface area contributed by atoms with E-state index in [-0.39, 0.29) is 6.54 Å². The maximum absolute atomic E-state index is 10.8. The van der Waals surface area contributed by atoms with Crippen molar-refractivity contribution in [3.05, 3.63) is 41.1 Å². The van der Waals surface area contributed by atoms with E-state index in [0.717, 1.165) is 36.6 Å². The summed E-state index contributed by atoms with van der Waals surface area (Å²) in [7, 11) is 1.91. The maximum Gasteiger partial charge on any atom is 0.191 e. The van der Waals surface area contributed by atoms with E-state index in [1.807, 2.05) is 46.3 Å². The standard InChI is InChI=1S/C18H29N5O2/c1-6-19-17(20-8-7-15-10-22-23(5)11-15)21-12-18(4,24)16-9-13(2)25-14(16)3/h9-11,24H,6-8,12H2,1-5H3,(H2,19,20,21). The van der Waals surface area contributed by atoms with E-state index in [9.17, 15) is 5.11 Å². The van der Waals surface area contributed by atoms with Crippen LogP contribution in [0.2, 0.25) is 0 Å². The van der Waals surface area contributed by atoms with E-state index in [2.05, 4.69) is 20.7 Å². The highest BCUT2D eigenvalue weighted by Gasteiger charge is 2.27. The fourth-order valence-electron chi connectivity index (χ4n) is 2.75. The molecule has 1 atom stereocenters. The number of nitrogens with zero attached hydrogens (tertiary/aromatic N) is 3. The second-order valence-corrected chi connectivity index (χ2v) is 6.49. The van der Waals surface area contributed by atoms with Gasteiger partial charge in [-0.3, -0.25) is 4.68 Å². The molecule has 0 radical (unpaired) electrons. The third kappa shape index (κ3) is 5.35. The summed E-state index contributed by atoms with van der Waals surface area (Å²) in [6.45, 7) is 9.24. The molecule has 1 unspecified atom stereocenters. The van der Waals surface area contributed by atoms with Crippen LogP contribution < -0.4 is 10.6 Å². The minimum Gasteiger partial charge on any atom is -0.466 e. The third-order valence-corrected chi connectivity index (χ3v) is 3.97. The van der Waals surface area contributed by atoms with E-state index in [1.54, 1.807) is 11.6 Å². The molecule has 0 aliphatic carbocycles. The van der Waals surface area contributed by atoms with Crippen LogP contribution in [0, 0.1) is 13.8 Å². The van der Waals surface area contributed by atoms with Gasteiger partial charge in [0.05, 0.1) is 12.7 Å². The number of furan rings is 1. The summed E-state index contributed by atoms with van der Waals surface area (Å²) in [4.78, 5) is 4.53. The molecule has 7 nitrogen and oxygen atoms in total. The van der Waals surface area contributed by atoms with Crippen molar-refractivity contribution in [1.82, 2.24) is 20.4 Å². The van der Waals surface area contributed by atoms with Crippen molar-refractivity contribution < 1.29 is 9.52 Å². The molecule has 3 N–H and O–H groups in total. The Morgan fingerprint density at radius 1 is 1.40 bits per heavy atom. The Balaban J connectivity index is 1.96. The fraction of sp³-hybridized carbons (Fsp3) is 0.556. The Hall–Kier alpha value is -2.28. The van der Waals surface area contributed by atoms with Crippen LogP contribution in [-0.2, 0) is 19.1 Å². The minimum absolute atomic E-state index is 0.245. The number of aliphatic imine (C=N–C) groups is 1. The molecule has 0 aliphatic rings. The molecule has 2 rings (SSSR count). The first-order valence-corrected chi connectivity index (χ1v) is 8.61. The lowest BCUT2D eigenvalue weighted by Gasteiger charge is -2.21. The van der Waals surface area contributed by atoms with Gasteiger partial charge in [-0.1, -0.05) is 0 Å². The predicted octanol–water partition coefficient (Wildman–Crippen LogP) is 1.64. The van der Waals surface area contributed by atoms with Gasteiger partial charge in [0.2, 0.25) is 0 Å².